The third-order valence-electron chi connectivity index (χ3n) is 5.16. The number of hydrogen-bond acceptors (Lipinski definition) is 7. The molecule has 0 spiro atoms. The molecule has 4 rings (SSSR count). The number of hydrogen-bond donors (Lipinski definition) is 1. The molecular formula is C26H28N4O4S. The van der Waals surface area contributed by atoms with Gasteiger partial charge in [0.05, 0.1) is 37.3 Å². The fraction of sp³-hybridized carbons (Fsp3) is 0.269. The van der Waals surface area contributed by atoms with E-state index in [1.54, 1.807) is 24.5 Å². The van der Waals surface area contributed by atoms with Crippen molar-refractivity contribution in [3.63, 3.8) is 0 Å². The molecule has 2 heterocycles. The molecule has 0 atom stereocenters. The lowest BCUT2D eigenvalue weighted by Gasteiger charge is -2.13. The molecule has 2 aromatic heterocycles. The molecule has 35 heavy (non-hydrogen) atoms. The van der Waals surface area contributed by atoms with Crippen molar-refractivity contribution in [3.8, 4) is 22.9 Å². The third-order valence-corrected chi connectivity index (χ3v) is 6.13. The number of amides is 1. The number of rotatable bonds is 11. The zero-order chi connectivity index (χ0) is 24.6. The number of benzene rings is 2. The molecule has 9 heteroatoms. The second kappa shape index (κ2) is 11.6. The normalized spacial score (nSPS) is 10.8. The van der Waals surface area contributed by atoms with E-state index in [0.29, 0.717) is 47.9 Å². The molecular weight excluding hydrogens is 464 g/mol. The van der Waals surface area contributed by atoms with E-state index < -0.39 is 0 Å². The van der Waals surface area contributed by atoms with E-state index in [4.69, 9.17) is 13.9 Å². The Kier molecular flexibility index (Phi) is 8.10. The van der Waals surface area contributed by atoms with Gasteiger partial charge in [0.25, 0.3) is 0 Å². The number of aryl methyl sites for hydroxylation is 1. The zero-order valence-corrected chi connectivity index (χ0v) is 20.8. The zero-order valence-electron chi connectivity index (χ0n) is 20.0. The first-order chi connectivity index (χ1) is 17.1. The van der Waals surface area contributed by atoms with Gasteiger partial charge in [-0.1, -0.05) is 42.1 Å². The van der Waals surface area contributed by atoms with Crippen LogP contribution in [0.25, 0.3) is 11.4 Å². The predicted octanol–water partition coefficient (Wildman–Crippen LogP) is 5.42. The standard InChI is InChI=1S/C26H28N4O4S/c1-4-32-22-12-11-20(15-23(22)33-5-2)27-24(31)17-35-26-29-28-25(21-13-14-34-18(21)3)30(26)16-19-9-7-6-8-10-19/h6-15H,4-5,16-17H2,1-3H3,(H,27,31). The first-order valence-electron chi connectivity index (χ1n) is 11.4. The first-order valence-corrected chi connectivity index (χ1v) is 12.4. The van der Waals surface area contributed by atoms with Crippen LogP contribution in [0.2, 0.25) is 0 Å². The molecule has 0 fully saturated rings. The van der Waals surface area contributed by atoms with Crippen LogP contribution < -0.4 is 14.8 Å². The lowest BCUT2D eigenvalue weighted by atomic mass is 10.2. The van der Waals surface area contributed by atoms with Crippen LogP contribution in [-0.2, 0) is 11.3 Å². The number of nitrogens with zero attached hydrogens (tertiary/aromatic N) is 3. The van der Waals surface area contributed by atoms with Gasteiger partial charge in [-0.05, 0) is 44.5 Å². The summed E-state index contributed by atoms with van der Waals surface area (Å²) in [6.07, 6.45) is 1.64. The fourth-order valence-electron chi connectivity index (χ4n) is 3.58. The Hall–Kier alpha value is -3.72. The number of furan rings is 1. The maximum Gasteiger partial charge on any atom is 0.234 e. The van der Waals surface area contributed by atoms with E-state index in [2.05, 4.69) is 27.6 Å². The summed E-state index contributed by atoms with van der Waals surface area (Å²) in [6, 6.07) is 17.3. The van der Waals surface area contributed by atoms with E-state index in [0.717, 1.165) is 16.9 Å². The molecule has 8 nitrogen and oxygen atoms in total. The average Bonchev–Trinajstić information content (AvgIpc) is 3.45. The van der Waals surface area contributed by atoms with Gasteiger partial charge in [0, 0.05) is 11.8 Å². The van der Waals surface area contributed by atoms with Gasteiger partial charge in [0.1, 0.15) is 5.76 Å². The van der Waals surface area contributed by atoms with Crippen LogP contribution in [0.1, 0.15) is 25.2 Å². The van der Waals surface area contributed by atoms with Gasteiger partial charge in [-0.3, -0.25) is 9.36 Å². The second-order valence-corrected chi connectivity index (χ2v) is 8.58. The third kappa shape index (κ3) is 6.05. The van der Waals surface area contributed by atoms with Gasteiger partial charge >= 0.3 is 0 Å². The SMILES string of the molecule is CCOc1ccc(NC(=O)CSc2nnc(-c3ccoc3C)n2Cc2ccccc2)cc1OCC. The predicted molar refractivity (Wildman–Crippen MR) is 136 cm³/mol. The van der Waals surface area contributed by atoms with Crippen molar-refractivity contribution >= 4 is 23.4 Å². The Morgan fingerprint density at radius 2 is 1.80 bits per heavy atom. The Morgan fingerprint density at radius 1 is 1.03 bits per heavy atom. The molecule has 0 radical (unpaired) electrons. The molecule has 0 aliphatic rings. The maximum atomic E-state index is 12.7. The van der Waals surface area contributed by atoms with Gasteiger partial charge in [0.2, 0.25) is 5.91 Å². The van der Waals surface area contributed by atoms with Crippen molar-refractivity contribution in [1.29, 1.82) is 0 Å². The van der Waals surface area contributed by atoms with Gasteiger partial charge in [0.15, 0.2) is 22.5 Å². The summed E-state index contributed by atoms with van der Waals surface area (Å²) in [5, 5.41) is 12.4. The molecule has 0 saturated heterocycles. The molecule has 1 N–H and O–H groups in total. The average molecular weight is 493 g/mol. The van der Waals surface area contributed by atoms with Crippen LogP contribution in [0.3, 0.4) is 0 Å². The molecule has 4 aromatic rings. The molecule has 0 aliphatic carbocycles. The highest BCUT2D eigenvalue weighted by molar-refractivity contribution is 7.99. The Morgan fingerprint density at radius 3 is 2.51 bits per heavy atom. The highest BCUT2D eigenvalue weighted by atomic mass is 32.2. The molecule has 0 aliphatic heterocycles. The topological polar surface area (TPSA) is 91.4 Å². The highest BCUT2D eigenvalue weighted by Gasteiger charge is 2.19. The maximum absolute atomic E-state index is 12.7. The van der Waals surface area contributed by atoms with E-state index in [1.807, 2.05) is 49.6 Å². The summed E-state index contributed by atoms with van der Waals surface area (Å²) in [5.74, 6) is 2.74. The first kappa shape index (κ1) is 24.4. The van der Waals surface area contributed by atoms with Crippen LogP contribution in [0.15, 0.2) is 70.4 Å². The van der Waals surface area contributed by atoms with Gasteiger partial charge in [-0.15, -0.1) is 10.2 Å². The van der Waals surface area contributed by atoms with Gasteiger partial charge < -0.3 is 19.2 Å². The number of aromatic nitrogens is 3. The summed E-state index contributed by atoms with van der Waals surface area (Å²) in [6.45, 7) is 7.33. The molecule has 0 bridgehead atoms. The van der Waals surface area contributed by atoms with Crippen LogP contribution in [-0.4, -0.2) is 39.6 Å². The second-order valence-electron chi connectivity index (χ2n) is 7.63. The van der Waals surface area contributed by atoms with Crippen molar-refractivity contribution in [2.45, 2.75) is 32.5 Å². The minimum atomic E-state index is -0.156. The number of carbonyl (C=O) groups is 1. The summed E-state index contributed by atoms with van der Waals surface area (Å²) in [5.41, 5.74) is 2.63. The Labute approximate surface area is 208 Å². The van der Waals surface area contributed by atoms with E-state index >= 15 is 0 Å². The van der Waals surface area contributed by atoms with E-state index in [1.165, 1.54) is 11.8 Å². The smallest absolute Gasteiger partial charge is 0.234 e. The molecule has 0 saturated carbocycles. The summed E-state index contributed by atoms with van der Waals surface area (Å²) in [7, 11) is 0. The quantitative estimate of drug-likeness (QED) is 0.279. The number of ether oxygens (including phenoxy) is 2. The number of nitrogens with one attached hydrogen (secondary N) is 1. The van der Waals surface area contributed by atoms with Crippen molar-refractivity contribution in [2.24, 2.45) is 0 Å². The monoisotopic (exact) mass is 492 g/mol. The Bertz CT molecular complexity index is 1270. The summed E-state index contributed by atoms with van der Waals surface area (Å²) >= 11 is 1.33. The van der Waals surface area contributed by atoms with Crippen LogP contribution in [0.5, 0.6) is 11.5 Å². The van der Waals surface area contributed by atoms with Crippen molar-refractivity contribution in [3.05, 3.63) is 72.2 Å². The van der Waals surface area contributed by atoms with Crippen LogP contribution in [0.4, 0.5) is 5.69 Å². The molecule has 2 aromatic carbocycles. The van der Waals surface area contributed by atoms with Gasteiger partial charge in [-0.25, -0.2) is 0 Å². The van der Waals surface area contributed by atoms with Crippen molar-refractivity contribution < 1.29 is 18.7 Å². The number of anilines is 1. The summed E-state index contributed by atoms with van der Waals surface area (Å²) in [4.78, 5) is 12.7. The largest absolute Gasteiger partial charge is 0.490 e. The summed E-state index contributed by atoms with van der Waals surface area (Å²) < 4.78 is 18.7. The fourth-order valence-corrected chi connectivity index (χ4v) is 4.31. The highest BCUT2D eigenvalue weighted by Crippen LogP contribution is 2.31. The van der Waals surface area contributed by atoms with Gasteiger partial charge in [-0.2, -0.15) is 0 Å². The molecule has 0 unspecified atom stereocenters. The van der Waals surface area contributed by atoms with Crippen molar-refractivity contribution in [1.82, 2.24) is 14.8 Å². The Balaban J connectivity index is 1.49. The molecule has 182 valence electrons. The lowest BCUT2D eigenvalue weighted by Crippen LogP contribution is -2.15. The van der Waals surface area contributed by atoms with E-state index in [9.17, 15) is 4.79 Å². The van der Waals surface area contributed by atoms with Crippen LogP contribution >= 0.6 is 11.8 Å². The number of carbonyl (C=O) groups excluding carboxylic acids is 1. The minimum absolute atomic E-state index is 0.156. The molecule has 1 amide bonds. The minimum Gasteiger partial charge on any atom is -0.490 e. The van der Waals surface area contributed by atoms with Crippen LogP contribution in [0, 0.1) is 6.92 Å². The lowest BCUT2D eigenvalue weighted by molar-refractivity contribution is -0.113. The van der Waals surface area contributed by atoms with E-state index in [-0.39, 0.29) is 11.7 Å². The van der Waals surface area contributed by atoms with Crippen molar-refractivity contribution in [2.75, 3.05) is 24.3 Å². The number of thioether (sulfide) groups is 1.